The van der Waals surface area contributed by atoms with Gasteiger partial charge in [0.1, 0.15) is 0 Å². The fourth-order valence-corrected chi connectivity index (χ4v) is 7.12. The third-order valence-corrected chi connectivity index (χ3v) is 8.84. The van der Waals surface area contributed by atoms with Crippen molar-refractivity contribution in [3.63, 3.8) is 0 Å². The molecule has 3 aromatic rings. The van der Waals surface area contributed by atoms with Gasteiger partial charge in [0.15, 0.2) is 0 Å². The Balaban J connectivity index is 1.64. The molecule has 3 aromatic carbocycles. The highest BCUT2D eigenvalue weighted by Crippen LogP contribution is 2.61. The minimum absolute atomic E-state index is 0.204. The number of hydrogen-bond acceptors (Lipinski definition) is 0. The normalized spacial score (nSPS) is 24.9. The van der Waals surface area contributed by atoms with Crippen molar-refractivity contribution >= 4 is 0 Å². The molecule has 1 fully saturated rings. The lowest BCUT2D eigenvalue weighted by Crippen LogP contribution is -2.33. The minimum Gasteiger partial charge on any atom is -0.0622 e. The van der Waals surface area contributed by atoms with Crippen LogP contribution in [0.4, 0.5) is 0 Å². The van der Waals surface area contributed by atoms with E-state index in [2.05, 4.69) is 114 Å². The van der Waals surface area contributed by atoms with Crippen molar-refractivity contribution in [2.45, 2.75) is 60.3 Å². The van der Waals surface area contributed by atoms with E-state index in [4.69, 9.17) is 0 Å². The molecular formula is C32H38. The van der Waals surface area contributed by atoms with E-state index in [1.807, 2.05) is 0 Å². The first kappa shape index (κ1) is 21.5. The fourth-order valence-electron chi connectivity index (χ4n) is 7.12. The smallest absolute Gasteiger partial charge is 0.0156 e. The first-order valence-corrected chi connectivity index (χ1v) is 12.5. The summed E-state index contributed by atoms with van der Waals surface area (Å²) < 4.78 is 0. The lowest BCUT2D eigenvalue weighted by atomic mass is 9.62. The molecule has 0 heterocycles. The lowest BCUT2D eigenvalue weighted by Gasteiger charge is -2.41. The maximum atomic E-state index is 2.56. The molecule has 0 aromatic heterocycles. The molecule has 4 atom stereocenters. The van der Waals surface area contributed by atoms with E-state index >= 15 is 0 Å². The zero-order chi connectivity index (χ0) is 22.7. The molecule has 0 saturated heterocycles. The van der Waals surface area contributed by atoms with Crippen LogP contribution in [0.25, 0.3) is 22.3 Å². The van der Waals surface area contributed by atoms with Gasteiger partial charge < -0.3 is 0 Å². The molecule has 32 heavy (non-hydrogen) atoms. The molecule has 5 rings (SSSR count). The Labute approximate surface area is 195 Å². The van der Waals surface area contributed by atoms with Crippen LogP contribution >= 0.6 is 0 Å². The summed E-state index contributed by atoms with van der Waals surface area (Å²) in [5.74, 6) is 2.76. The van der Waals surface area contributed by atoms with Crippen LogP contribution in [0, 0.1) is 28.6 Å². The molecule has 0 nitrogen and oxygen atoms in total. The van der Waals surface area contributed by atoms with Gasteiger partial charge in [-0.15, -0.1) is 0 Å². The van der Waals surface area contributed by atoms with E-state index < -0.39 is 0 Å². The van der Waals surface area contributed by atoms with E-state index in [0.29, 0.717) is 11.3 Å². The van der Waals surface area contributed by atoms with E-state index in [0.717, 1.165) is 17.8 Å². The highest BCUT2D eigenvalue weighted by Gasteiger charge is 2.50. The second kappa shape index (κ2) is 7.62. The Morgan fingerprint density at radius 1 is 0.656 bits per heavy atom. The van der Waals surface area contributed by atoms with Crippen LogP contribution in [0.1, 0.15) is 71.4 Å². The van der Waals surface area contributed by atoms with Gasteiger partial charge in [0.25, 0.3) is 0 Å². The molecule has 0 N–H and O–H groups in total. The Kier molecular flexibility index (Phi) is 5.12. The van der Waals surface area contributed by atoms with Gasteiger partial charge in [-0.1, -0.05) is 114 Å². The molecule has 2 aliphatic carbocycles. The van der Waals surface area contributed by atoms with Crippen LogP contribution in [0.3, 0.4) is 0 Å². The van der Waals surface area contributed by atoms with E-state index in [-0.39, 0.29) is 5.41 Å². The van der Waals surface area contributed by atoms with Gasteiger partial charge in [-0.3, -0.25) is 0 Å². The van der Waals surface area contributed by atoms with Crippen LogP contribution in [0.15, 0.2) is 72.8 Å². The van der Waals surface area contributed by atoms with Crippen LogP contribution in [0.5, 0.6) is 0 Å². The summed E-state index contributed by atoms with van der Waals surface area (Å²) in [5, 5.41) is 0. The predicted octanol–water partition coefficient (Wildman–Crippen LogP) is 9.20. The van der Waals surface area contributed by atoms with Crippen molar-refractivity contribution in [3.05, 3.63) is 83.9 Å². The summed E-state index contributed by atoms with van der Waals surface area (Å²) in [5.41, 5.74) is 9.26. The highest BCUT2D eigenvalue weighted by atomic mass is 14.5. The van der Waals surface area contributed by atoms with Gasteiger partial charge in [-0.25, -0.2) is 0 Å². The number of fused-ring (bicyclic) bond motifs is 3. The first-order valence-electron chi connectivity index (χ1n) is 12.5. The zero-order valence-electron chi connectivity index (χ0n) is 20.7. The van der Waals surface area contributed by atoms with Crippen molar-refractivity contribution < 1.29 is 0 Å². The molecular weight excluding hydrogens is 384 g/mol. The van der Waals surface area contributed by atoms with Crippen LogP contribution < -0.4 is 0 Å². The summed E-state index contributed by atoms with van der Waals surface area (Å²) >= 11 is 0. The number of benzene rings is 3. The monoisotopic (exact) mass is 422 g/mol. The van der Waals surface area contributed by atoms with Crippen LogP contribution in [-0.2, 0) is 0 Å². The maximum Gasteiger partial charge on any atom is 0.0156 e. The minimum atomic E-state index is 0.204. The summed E-state index contributed by atoms with van der Waals surface area (Å²) in [6.07, 6.45) is 2.72. The molecule has 0 bridgehead atoms. The van der Waals surface area contributed by atoms with Crippen molar-refractivity contribution in [1.82, 2.24) is 0 Å². The number of hydrogen-bond donors (Lipinski definition) is 0. The average Bonchev–Trinajstić information content (AvgIpc) is 3.33. The van der Waals surface area contributed by atoms with Gasteiger partial charge in [-0.2, -0.15) is 0 Å². The topological polar surface area (TPSA) is 0 Å². The van der Waals surface area contributed by atoms with Crippen molar-refractivity contribution in [3.8, 4) is 22.3 Å². The van der Waals surface area contributed by atoms with Gasteiger partial charge in [0.2, 0.25) is 0 Å². The van der Waals surface area contributed by atoms with Crippen molar-refractivity contribution in [2.75, 3.05) is 0 Å². The molecule has 2 aliphatic rings. The molecule has 166 valence electrons. The Morgan fingerprint density at radius 3 is 1.97 bits per heavy atom. The quantitative estimate of drug-likeness (QED) is 0.394. The van der Waals surface area contributed by atoms with Gasteiger partial charge in [0.05, 0.1) is 0 Å². The molecule has 0 spiro atoms. The van der Waals surface area contributed by atoms with Crippen molar-refractivity contribution in [1.29, 1.82) is 0 Å². The fraction of sp³-hybridized carbons (Fsp3) is 0.438. The highest BCUT2D eigenvalue weighted by molar-refractivity contribution is 5.91. The SMILES string of the molecule is CC1CC(C(C)(C)C)CC1C(C)(C)C1c2ccccc2-c2c(-c3ccccc3)cccc21. The van der Waals surface area contributed by atoms with Crippen LogP contribution in [0.2, 0.25) is 0 Å². The molecule has 0 aliphatic heterocycles. The van der Waals surface area contributed by atoms with E-state index in [1.165, 1.54) is 46.2 Å². The summed E-state index contributed by atoms with van der Waals surface area (Å²) in [4.78, 5) is 0. The Hall–Kier alpha value is -2.34. The van der Waals surface area contributed by atoms with Gasteiger partial charge in [-0.05, 0) is 74.8 Å². The summed E-state index contributed by atoms with van der Waals surface area (Å²) in [6.45, 7) is 14.9. The second-order valence-electron chi connectivity index (χ2n) is 12.1. The maximum absolute atomic E-state index is 2.56. The molecule has 0 heteroatoms. The third kappa shape index (κ3) is 3.35. The van der Waals surface area contributed by atoms with E-state index in [1.54, 1.807) is 0 Å². The molecule has 4 unspecified atom stereocenters. The second-order valence-corrected chi connectivity index (χ2v) is 12.1. The Bertz CT molecular complexity index is 1110. The molecule has 0 amide bonds. The first-order chi connectivity index (χ1) is 15.2. The summed E-state index contributed by atoms with van der Waals surface area (Å²) in [7, 11) is 0. The largest absolute Gasteiger partial charge is 0.0622 e. The van der Waals surface area contributed by atoms with E-state index in [9.17, 15) is 0 Å². The molecule has 0 radical (unpaired) electrons. The number of rotatable bonds is 3. The van der Waals surface area contributed by atoms with Gasteiger partial charge >= 0.3 is 0 Å². The van der Waals surface area contributed by atoms with Gasteiger partial charge in [0, 0.05) is 5.92 Å². The molecule has 1 saturated carbocycles. The predicted molar refractivity (Wildman–Crippen MR) is 138 cm³/mol. The third-order valence-electron chi connectivity index (χ3n) is 8.84. The standard InChI is InChI=1S/C32H38/c1-21-19-23(31(2,3)4)20-28(21)32(5,6)30-26-16-11-10-15-25(26)29-24(17-12-18-27(29)30)22-13-8-7-9-14-22/h7-18,21,23,28,30H,19-20H2,1-6H3. The average molecular weight is 423 g/mol. The summed E-state index contributed by atoms with van der Waals surface area (Å²) in [6, 6.07) is 27.2. The van der Waals surface area contributed by atoms with Crippen LogP contribution in [-0.4, -0.2) is 0 Å². The zero-order valence-corrected chi connectivity index (χ0v) is 20.7. The lowest BCUT2D eigenvalue weighted by molar-refractivity contribution is 0.141. The Morgan fingerprint density at radius 2 is 1.28 bits per heavy atom. The van der Waals surface area contributed by atoms with Crippen molar-refractivity contribution in [2.24, 2.45) is 28.6 Å².